The summed E-state index contributed by atoms with van der Waals surface area (Å²) in [7, 11) is 0. The van der Waals surface area contributed by atoms with E-state index >= 15 is 0 Å². The van der Waals surface area contributed by atoms with Crippen LogP contribution < -0.4 is 10.6 Å². The molecule has 1 aromatic heterocycles. The van der Waals surface area contributed by atoms with E-state index < -0.39 is 0 Å². The molecule has 2 rings (SSSR count). The Hall–Kier alpha value is -2.01. The molecule has 0 aliphatic rings. The van der Waals surface area contributed by atoms with Crippen LogP contribution in [-0.2, 0) is 6.54 Å². The third-order valence-electron chi connectivity index (χ3n) is 3.63. The van der Waals surface area contributed by atoms with Crippen molar-refractivity contribution in [1.29, 1.82) is 0 Å². The van der Waals surface area contributed by atoms with Crippen molar-refractivity contribution in [3.8, 4) is 0 Å². The largest absolute Gasteiger partial charge is 0.359 e. The van der Waals surface area contributed by atoms with Crippen molar-refractivity contribution in [2.45, 2.75) is 46.2 Å². The second-order valence-electron chi connectivity index (χ2n) is 5.96. The van der Waals surface area contributed by atoms with Crippen LogP contribution >= 0.6 is 11.6 Å². The Balaban J connectivity index is 2.06. The third-order valence-corrected chi connectivity index (χ3v) is 3.98. The van der Waals surface area contributed by atoms with Crippen LogP contribution in [0.25, 0.3) is 0 Å². The second-order valence-corrected chi connectivity index (χ2v) is 6.36. The topological polar surface area (TPSA) is 62.5 Å². The highest BCUT2D eigenvalue weighted by atomic mass is 35.5. The summed E-state index contributed by atoms with van der Waals surface area (Å²) in [4.78, 5) is 4.57. The molecule has 0 saturated carbocycles. The highest BCUT2D eigenvalue weighted by Crippen LogP contribution is 2.22. The minimum absolute atomic E-state index is 0.0393. The van der Waals surface area contributed by atoms with E-state index in [0.717, 1.165) is 28.6 Å². The summed E-state index contributed by atoms with van der Waals surface area (Å²) in [5.74, 6) is 1.81. The molecule has 0 bridgehead atoms. The van der Waals surface area contributed by atoms with Gasteiger partial charge in [0.2, 0.25) is 0 Å². The molecule has 2 N–H and O–H groups in total. The number of aromatic nitrogens is 1. The molecule has 5 nitrogen and oxygen atoms in total. The fourth-order valence-corrected chi connectivity index (χ4v) is 2.56. The van der Waals surface area contributed by atoms with Gasteiger partial charge in [0.05, 0.1) is 11.7 Å². The molecule has 1 unspecified atom stereocenters. The van der Waals surface area contributed by atoms with Crippen molar-refractivity contribution in [3.05, 3.63) is 52.4 Å². The van der Waals surface area contributed by atoms with Crippen LogP contribution in [0.15, 0.2) is 39.8 Å². The van der Waals surface area contributed by atoms with Gasteiger partial charge in [-0.2, -0.15) is 0 Å². The van der Waals surface area contributed by atoms with Crippen LogP contribution in [0.3, 0.4) is 0 Å². The molecular weight excluding hydrogens is 324 g/mol. The minimum Gasteiger partial charge on any atom is -0.359 e. The van der Waals surface area contributed by atoms with Crippen LogP contribution in [0.4, 0.5) is 0 Å². The van der Waals surface area contributed by atoms with Crippen LogP contribution in [0, 0.1) is 0 Å². The normalized spacial score (nSPS) is 13.2. The number of aliphatic imine (C=N–C) groups is 1. The van der Waals surface area contributed by atoms with Crippen LogP contribution in [0.5, 0.6) is 0 Å². The van der Waals surface area contributed by atoms with E-state index in [1.165, 1.54) is 0 Å². The number of guanidine groups is 1. The summed E-state index contributed by atoms with van der Waals surface area (Å²) >= 11 is 6.26. The number of halogens is 1. The Morgan fingerprint density at radius 3 is 2.67 bits per heavy atom. The van der Waals surface area contributed by atoms with Crippen molar-refractivity contribution in [2.24, 2.45) is 4.99 Å². The van der Waals surface area contributed by atoms with Gasteiger partial charge >= 0.3 is 0 Å². The van der Waals surface area contributed by atoms with Gasteiger partial charge in [-0.3, -0.25) is 0 Å². The molecular formula is C18H25ClN4O. The molecule has 0 amide bonds. The molecule has 0 saturated heterocycles. The molecule has 1 atom stereocenters. The molecule has 1 heterocycles. The molecule has 0 spiro atoms. The highest BCUT2D eigenvalue weighted by Gasteiger charge is 2.11. The highest BCUT2D eigenvalue weighted by molar-refractivity contribution is 6.31. The number of hydrogen-bond donors (Lipinski definition) is 2. The fourth-order valence-electron chi connectivity index (χ4n) is 2.26. The quantitative estimate of drug-likeness (QED) is 0.604. The Morgan fingerprint density at radius 1 is 1.29 bits per heavy atom. The first kappa shape index (κ1) is 18.3. The zero-order valence-electron chi connectivity index (χ0n) is 14.6. The van der Waals surface area contributed by atoms with Crippen molar-refractivity contribution in [3.63, 3.8) is 0 Å². The van der Waals surface area contributed by atoms with Crippen LogP contribution in [0.2, 0.25) is 5.02 Å². The molecule has 24 heavy (non-hydrogen) atoms. The van der Waals surface area contributed by atoms with Gasteiger partial charge in [0, 0.05) is 17.6 Å². The maximum Gasteiger partial charge on any atom is 0.192 e. The Kier molecular flexibility index (Phi) is 6.67. The lowest BCUT2D eigenvalue weighted by Crippen LogP contribution is -2.38. The van der Waals surface area contributed by atoms with Crippen molar-refractivity contribution < 1.29 is 4.52 Å². The first-order valence-corrected chi connectivity index (χ1v) is 8.63. The number of benzene rings is 1. The van der Waals surface area contributed by atoms with Gasteiger partial charge in [-0.25, -0.2) is 4.99 Å². The third kappa shape index (κ3) is 4.99. The SMILES string of the molecule is CCNC(=NCc1cc(C(C)C)no1)NC(C)c1ccccc1Cl. The van der Waals surface area contributed by atoms with E-state index in [2.05, 4.69) is 41.6 Å². The monoisotopic (exact) mass is 348 g/mol. The van der Waals surface area contributed by atoms with E-state index in [1.54, 1.807) is 0 Å². The minimum atomic E-state index is 0.0393. The molecule has 130 valence electrons. The maximum atomic E-state index is 6.26. The first-order chi connectivity index (χ1) is 11.5. The fraction of sp³-hybridized carbons (Fsp3) is 0.444. The van der Waals surface area contributed by atoms with Gasteiger partial charge < -0.3 is 15.2 Å². The average Bonchev–Trinajstić information content (AvgIpc) is 3.02. The van der Waals surface area contributed by atoms with Gasteiger partial charge in [0.25, 0.3) is 0 Å². The molecule has 1 aromatic carbocycles. The van der Waals surface area contributed by atoms with Crippen LogP contribution in [-0.4, -0.2) is 17.7 Å². The van der Waals surface area contributed by atoms with E-state index in [4.69, 9.17) is 16.1 Å². The molecule has 0 aliphatic carbocycles. The Labute approximate surface area is 148 Å². The Morgan fingerprint density at radius 2 is 2.04 bits per heavy atom. The van der Waals surface area contributed by atoms with Gasteiger partial charge in [-0.1, -0.05) is 48.8 Å². The predicted octanol–water partition coefficient (Wildman–Crippen LogP) is 4.27. The van der Waals surface area contributed by atoms with Crippen molar-refractivity contribution >= 4 is 17.6 Å². The molecule has 0 aliphatic heterocycles. The summed E-state index contributed by atoms with van der Waals surface area (Å²) in [6.45, 7) is 9.46. The molecule has 0 fully saturated rings. The van der Waals surface area contributed by atoms with Crippen LogP contribution in [0.1, 0.15) is 56.7 Å². The summed E-state index contributed by atoms with van der Waals surface area (Å²) in [5, 5.41) is 11.4. The van der Waals surface area contributed by atoms with Gasteiger partial charge in [-0.05, 0) is 31.4 Å². The number of hydrogen-bond acceptors (Lipinski definition) is 3. The van der Waals surface area contributed by atoms with E-state index in [9.17, 15) is 0 Å². The molecule has 6 heteroatoms. The van der Waals surface area contributed by atoms with Crippen molar-refractivity contribution in [2.75, 3.05) is 6.54 Å². The van der Waals surface area contributed by atoms with Crippen molar-refractivity contribution in [1.82, 2.24) is 15.8 Å². The molecule has 0 radical (unpaired) electrons. The van der Waals surface area contributed by atoms with Gasteiger partial charge in [-0.15, -0.1) is 0 Å². The lowest BCUT2D eigenvalue weighted by atomic mass is 10.1. The summed E-state index contributed by atoms with van der Waals surface area (Å²) in [6.07, 6.45) is 0. The predicted molar refractivity (Wildman–Crippen MR) is 98.4 cm³/mol. The number of nitrogens with one attached hydrogen (secondary N) is 2. The van der Waals surface area contributed by atoms with Gasteiger partial charge in [0.15, 0.2) is 11.7 Å². The zero-order chi connectivity index (χ0) is 17.5. The lowest BCUT2D eigenvalue weighted by molar-refractivity contribution is 0.376. The standard InChI is InChI=1S/C18H25ClN4O/c1-5-20-18(21-11-14-10-17(12(2)3)23-24-14)22-13(4)15-8-6-7-9-16(15)19/h6-10,12-13H,5,11H2,1-4H3,(H2,20,21,22). The number of nitrogens with zero attached hydrogens (tertiary/aromatic N) is 2. The number of rotatable bonds is 6. The first-order valence-electron chi connectivity index (χ1n) is 8.26. The maximum absolute atomic E-state index is 6.26. The van der Waals surface area contributed by atoms with E-state index in [1.807, 2.05) is 37.3 Å². The van der Waals surface area contributed by atoms with E-state index in [-0.39, 0.29) is 6.04 Å². The smallest absolute Gasteiger partial charge is 0.192 e. The van der Waals surface area contributed by atoms with E-state index in [0.29, 0.717) is 18.4 Å². The summed E-state index contributed by atoms with van der Waals surface area (Å²) < 4.78 is 5.33. The second kappa shape index (κ2) is 8.73. The summed E-state index contributed by atoms with van der Waals surface area (Å²) in [5.41, 5.74) is 1.98. The average molecular weight is 349 g/mol. The van der Waals surface area contributed by atoms with Gasteiger partial charge in [0.1, 0.15) is 6.54 Å². The summed E-state index contributed by atoms with van der Waals surface area (Å²) in [6, 6.07) is 9.79. The molecule has 2 aromatic rings. The zero-order valence-corrected chi connectivity index (χ0v) is 15.4. The Bertz CT molecular complexity index is 681. The lowest BCUT2D eigenvalue weighted by Gasteiger charge is -2.19.